The Kier molecular flexibility index (Phi) is 2.18. The van der Waals surface area contributed by atoms with Crippen LogP contribution in [0.15, 0.2) is 0 Å². The highest BCUT2D eigenvalue weighted by Crippen LogP contribution is 2.54. The zero-order valence-corrected chi connectivity index (χ0v) is 9.32. The summed E-state index contributed by atoms with van der Waals surface area (Å²) in [6, 6.07) is 0. The fourth-order valence-electron chi connectivity index (χ4n) is 3.65. The Morgan fingerprint density at radius 3 is 2.23 bits per heavy atom. The van der Waals surface area contributed by atoms with Gasteiger partial charge in [-0.2, -0.15) is 0 Å². The van der Waals surface area contributed by atoms with Gasteiger partial charge in [-0.05, 0) is 44.1 Å². The SMILES string of the molecule is CC(C)C1(C)NCCC12CCCC2. The van der Waals surface area contributed by atoms with E-state index >= 15 is 0 Å². The molecule has 0 radical (unpaired) electrons. The van der Waals surface area contributed by atoms with Gasteiger partial charge in [-0.3, -0.25) is 0 Å². The molecule has 1 heteroatoms. The molecule has 2 fully saturated rings. The lowest BCUT2D eigenvalue weighted by molar-refractivity contribution is 0.110. The monoisotopic (exact) mass is 181 g/mol. The Morgan fingerprint density at radius 1 is 1.08 bits per heavy atom. The van der Waals surface area contributed by atoms with Gasteiger partial charge in [0.1, 0.15) is 0 Å². The molecule has 1 N–H and O–H groups in total. The Morgan fingerprint density at radius 2 is 1.69 bits per heavy atom. The van der Waals surface area contributed by atoms with E-state index in [-0.39, 0.29) is 0 Å². The molecule has 1 aliphatic heterocycles. The van der Waals surface area contributed by atoms with E-state index in [1.165, 1.54) is 38.6 Å². The predicted octanol–water partition coefficient (Wildman–Crippen LogP) is 2.95. The molecule has 1 spiro atoms. The minimum absolute atomic E-state index is 0.420. The third kappa shape index (κ3) is 1.16. The average Bonchev–Trinajstić information content (AvgIpc) is 2.64. The molecule has 1 atom stereocenters. The van der Waals surface area contributed by atoms with Crippen molar-refractivity contribution in [1.29, 1.82) is 0 Å². The van der Waals surface area contributed by atoms with Crippen LogP contribution in [0.25, 0.3) is 0 Å². The quantitative estimate of drug-likeness (QED) is 0.656. The van der Waals surface area contributed by atoms with Gasteiger partial charge in [-0.1, -0.05) is 26.7 Å². The summed E-state index contributed by atoms with van der Waals surface area (Å²) in [5, 5.41) is 3.77. The molecular formula is C12H23N. The van der Waals surface area contributed by atoms with Crippen molar-refractivity contribution in [3.8, 4) is 0 Å². The van der Waals surface area contributed by atoms with Crippen molar-refractivity contribution in [2.24, 2.45) is 11.3 Å². The summed E-state index contributed by atoms with van der Waals surface area (Å²) >= 11 is 0. The smallest absolute Gasteiger partial charge is 0.0232 e. The van der Waals surface area contributed by atoms with Gasteiger partial charge in [-0.15, -0.1) is 0 Å². The summed E-state index contributed by atoms with van der Waals surface area (Å²) in [5.41, 5.74) is 1.07. The first-order valence-corrected chi connectivity index (χ1v) is 5.86. The van der Waals surface area contributed by atoms with E-state index in [4.69, 9.17) is 0 Å². The number of hydrogen-bond donors (Lipinski definition) is 1. The van der Waals surface area contributed by atoms with Crippen molar-refractivity contribution in [2.75, 3.05) is 6.54 Å². The molecule has 1 unspecified atom stereocenters. The van der Waals surface area contributed by atoms with Crippen molar-refractivity contribution in [2.45, 2.75) is 58.4 Å². The van der Waals surface area contributed by atoms with Crippen molar-refractivity contribution < 1.29 is 0 Å². The molecule has 13 heavy (non-hydrogen) atoms. The van der Waals surface area contributed by atoms with E-state index in [1.54, 1.807) is 0 Å². The normalized spacial score (nSPS) is 37.8. The summed E-state index contributed by atoms with van der Waals surface area (Å²) in [7, 11) is 0. The van der Waals surface area contributed by atoms with Gasteiger partial charge in [0, 0.05) is 5.54 Å². The van der Waals surface area contributed by atoms with Crippen LogP contribution in [0.3, 0.4) is 0 Å². The van der Waals surface area contributed by atoms with Crippen molar-refractivity contribution in [3.05, 3.63) is 0 Å². The van der Waals surface area contributed by atoms with Crippen LogP contribution in [0.4, 0.5) is 0 Å². The molecule has 76 valence electrons. The minimum Gasteiger partial charge on any atom is -0.311 e. The van der Waals surface area contributed by atoms with Crippen LogP contribution in [0.2, 0.25) is 0 Å². The van der Waals surface area contributed by atoms with E-state index in [9.17, 15) is 0 Å². The molecule has 1 saturated heterocycles. The molecule has 2 rings (SSSR count). The highest BCUT2D eigenvalue weighted by molar-refractivity contribution is 5.09. The molecule has 0 aromatic rings. The zero-order valence-electron chi connectivity index (χ0n) is 9.32. The highest BCUT2D eigenvalue weighted by Gasteiger charge is 2.53. The minimum atomic E-state index is 0.420. The van der Waals surface area contributed by atoms with Crippen LogP contribution in [0, 0.1) is 11.3 Å². The maximum atomic E-state index is 3.77. The first-order valence-electron chi connectivity index (χ1n) is 5.86. The second kappa shape index (κ2) is 2.98. The van der Waals surface area contributed by atoms with Crippen LogP contribution >= 0.6 is 0 Å². The summed E-state index contributed by atoms with van der Waals surface area (Å²) in [6.45, 7) is 8.45. The van der Waals surface area contributed by atoms with E-state index in [2.05, 4.69) is 26.1 Å². The van der Waals surface area contributed by atoms with Gasteiger partial charge in [0.15, 0.2) is 0 Å². The number of rotatable bonds is 1. The van der Waals surface area contributed by atoms with E-state index in [0.29, 0.717) is 11.0 Å². The number of hydrogen-bond acceptors (Lipinski definition) is 1. The highest BCUT2D eigenvalue weighted by atomic mass is 15.0. The third-order valence-corrected chi connectivity index (χ3v) is 4.91. The Labute approximate surface area is 82.3 Å². The third-order valence-electron chi connectivity index (χ3n) is 4.91. The first kappa shape index (κ1) is 9.51. The van der Waals surface area contributed by atoms with E-state index in [1.807, 2.05) is 0 Å². The molecule has 0 bridgehead atoms. The standard InChI is InChI=1S/C12H23N/c1-10(2)11(3)12(8-9-13-11)6-4-5-7-12/h10,13H,4-9H2,1-3H3. The van der Waals surface area contributed by atoms with Crippen LogP contribution in [-0.2, 0) is 0 Å². The molecular weight excluding hydrogens is 158 g/mol. The second-order valence-corrected chi connectivity index (χ2v) is 5.52. The Bertz CT molecular complexity index is 181. The van der Waals surface area contributed by atoms with Crippen LogP contribution < -0.4 is 5.32 Å². The lowest BCUT2D eigenvalue weighted by Crippen LogP contribution is -2.52. The lowest BCUT2D eigenvalue weighted by Gasteiger charge is -2.44. The maximum absolute atomic E-state index is 3.77. The molecule has 1 heterocycles. The average molecular weight is 181 g/mol. The van der Waals surface area contributed by atoms with E-state index < -0.39 is 0 Å². The predicted molar refractivity (Wildman–Crippen MR) is 56.8 cm³/mol. The second-order valence-electron chi connectivity index (χ2n) is 5.52. The number of nitrogens with one attached hydrogen (secondary N) is 1. The fraction of sp³-hybridized carbons (Fsp3) is 1.00. The molecule has 1 aliphatic carbocycles. The van der Waals surface area contributed by atoms with Crippen molar-refractivity contribution in [1.82, 2.24) is 5.32 Å². The van der Waals surface area contributed by atoms with Crippen LogP contribution in [0.1, 0.15) is 52.9 Å². The summed E-state index contributed by atoms with van der Waals surface area (Å²) in [5.74, 6) is 0.771. The van der Waals surface area contributed by atoms with Crippen molar-refractivity contribution in [3.63, 3.8) is 0 Å². The molecule has 1 saturated carbocycles. The maximum Gasteiger partial charge on any atom is 0.0232 e. The largest absolute Gasteiger partial charge is 0.311 e. The topological polar surface area (TPSA) is 12.0 Å². The Balaban J connectivity index is 2.26. The molecule has 0 amide bonds. The van der Waals surface area contributed by atoms with Gasteiger partial charge in [-0.25, -0.2) is 0 Å². The Hall–Kier alpha value is -0.0400. The van der Waals surface area contributed by atoms with Gasteiger partial charge >= 0.3 is 0 Å². The molecule has 1 nitrogen and oxygen atoms in total. The van der Waals surface area contributed by atoms with Gasteiger partial charge < -0.3 is 5.32 Å². The molecule has 0 aromatic heterocycles. The van der Waals surface area contributed by atoms with Gasteiger partial charge in [0.05, 0.1) is 0 Å². The molecule has 0 aromatic carbocycles. The summed E-state index contributed by atoms with van der Waals surface area (Å²) < 4.78 is 0. The van der Waals surface area contributed by atoms with Gasteiger partial charge in [0.2, 0.25) is 0 Å². The van der Waals surface area contributed by atoms with Crippen LogP contribution in [-0.4, -0.2) is 12.1 Å². The molecule has 2 aliphatic rings. The first-order chi connectivity index (χ1) is 6.11. The van der Waals surface area contributed by atoms with E-state index in [0.717, 1.165) is 5.92 Å². The van der Waals surface area contributed by atoms with Crippen LogP contribution in [0.5, 0.6) is 0 Å². The lowest BCUT2D eigenvalue weighted by atomic mass is 9.65. The fourth-order valence-corrected chi connectivity index (χ4v) is 3.65. The van der Waals surface area contributed by atoms with Crippen molar-refractivity contribution >= 4 is 0 Å². The summed E-state index contributed by atoms with van der Waals surface area (Å²) in [6.07, 6.45) is 7.28. The summed E-state index contributed by atoms with van der Waals surface area (Å²) in [4.78, 5) is 0. The zero-order chi connectivity index (χ0) is 9.53. The van der Waals surface area contributed by atoms with Gasteiger partial charge in [0.25, 0.3) is 0 Å².